The molecule has 0 aliphatic rings. The van der Waals surface area contributed by atoms with Crippen LogP contribution in [0.25, 0.3) is 0 Å². The molecule has 0 heterocycles. The zero-order valence-corrected chi connectivity index (χ0v) is 24.0. The normalized spacial score (nSPS) is 9.18. The summed E-state index contributed by atoms with van der Waals surface area (Å²) >= 11 is 0. The van der Waals surface area contributed by atoms with Crippen molar-refractivity contribution >= 4 is 11.9 Å². The zero-order valence-electron chi connectivity index (χ0n) is 24.0. The molecule has 0 aromatic carbocycles. The minimum absolute atomic E-state index is 0.276. The molecule has 0 unspecified atom stereocenters. The fourth-order valence-corrected chi connectivity index (χ4v) is 3.32. The van der Waals surface area contributed by atoms with Crippen LogP contribution in [0.4, 0.5) is 0 Å². The molecule has 0 aliphatic carbocycles. The summed E-state index contributed by atoms with van der Waals surface area (Å²) in [6.07, 6.45) is 15.3. The number of carbonyl (C=O) groups excluding carboxylic acids is 2. The summed E-state index contributed by atoms with van der Waals surface area (Å²) < 4.78 is 10.1. The van der Waals surface area contributed by atoms with E-state index in [4.69, 9.17) is 9.47 Å². The maximum atomic E-state index is 12.0. The van der Waals surface area contributed by atoms with E-state index in [1.807, 2.05) is 0 Å². The quantitative estimate of drug-likeness (QED) is 0.115. The molecule has 0 spiro atoms. The summed E-state index contributed by atoms with van der Waals surface area (Å²) in [5, 5.41) is 9.40. The fourth-order valence-electron chi connectivity index (χ4n) is 3.32. The third-order valence-corrected chi connectivity index (χ3v) is 5.36. The smallest absolute Gasteiger partial charge is 0.385 e. The SMILES string of the molecule is CC#CC#CC#CC#CC#CC#CC#CC(=O)OC[C@H](CO)OC(=O)CCCCCCCCCCCCCCC. The number of carbonyl (C=O) groups is 2. The first-order valence-corrected chi connectivity index (χ1v) is 14.0. The number of hydrogen-bond acceptors (Lipinski definition) is 5. The highest BCUT2D eigenvalue weighted by Crippen LogP contribution is 2.13. The number of ether oxygens (including phenoxy) is 2. The molecule has 210 valence electrons. The Balaban J connectivity index is 4.00. The Morgan fingerprint density at radius 1 is 0.625 bits per heavy atom. The lowest BCUT2D eigenvalue weighted by Crippen LogP contribution is -2.28. The molecule has 0 bridgehead atoms. The van der Waals surface area contributed by atoms with Crippen LogP contribution in [0.5, 0.6) is 0 Å². The van der Waals surface area contributed by atoms with Gasteiger partial charge in [0.05, 0.1) is 6.61 Å². The summed E-state index contributed by atoms with van der Waals surface area (Å²) in [5.41, 5.74) is 0. The van der Waals surface area contributed by atoms with Gasteiger partial charge >= 0.3 is 11.9 Å². The molecular formula is C35H40O5. The molecule has 0 saturated carbocycles. The number of aliphatic hydroxyl groups excluding tert-OH is 1. The minimum atomic E-state index is -0.926. The lowest BCUT2D eigenvalue weighted by Gasteiger charge is -2.14. The molecule has 1 N–H and O–H groups in total. The lowest BCUT2D eigenvalue weighted by atomic mass is 10.0. The van der Waals surface area contributed by atoms with E-state index >= 15 is 0 Å². The summed E-state index contributed by atoms with van der Waals surface area (Å²) in [6.45, 7) is 3.18. The largest absolute Gasteiger partial charge is 0.456 e. The maximum Gasteiger partial charge on any atom is 0.385 e. The zero-order chi connectivity index (χ0) is 29.4. The van der Waals surface area contributed by atoms with Crippen molar-refractivity contribution in [3.63, 3.8) is 0 Å². The van der Waals surface area contributed by atoms with Crippen LogP contribution < -0.4 is 0 Å². The molecule has 5 nitrogen and oxygen atoms in total. The van der Waals surface area contributed by atoms with Gasteiger partial charge in [-0.2, -0.15) is 0 Å². The predicted octanol–water partition coefficient (Wildman–Crippen LogP) is 4.96. The van der Waals surface area contributed by atoms with Gasteiger partial charge in [0.15, 0.2) is 6.10 Å². The Morgan fingerprint density at radius 3 is 1.50 bits per heavy atom. The molecule has 0 fully saturated rings. The van der Waals surface area contributed by atoms with Crippen molar-refractivity contribution in [1.29, 1.82) is 0 Å². The molecule has 0 rings (SSSR count). The summed E-state index contributed by atoms with van der Waals surface area (Å²) in [6, 6.07) is 0. The standard InChI is InChI=1S/C35H40O5/c1-3-5-7-9-11-13-15-17-19-21-23-25-27-29-34(37)39-32-33(31-36)40-35(38)30-28-26-24-22-20-18-16-14-12-10-8-6-4-2/h33,36H,4,6,8,10,12,14,16,18,20,22,24,26,28,30-32H2,1-2H3/t33-/m0/s1. The van der Waals surface area contributed by atoms with Crippen LogP contribution in [0.15, 0.2) is 0 Å². The second-order valence-corrected chi connectivity index (χ2v) is 8.76. The van der Waals surface area contributed by atoms with E-state index in [0.29, 0.717) is 0 Å². The first-order valence-electron chi connectivity index (χ1n) is 14.0. The van der Waals surface area contributed by atoms with Gasteiger partial charge in [-0.25, -0.2) is 4.79 Å². The number of rotatable bonds is 18. The molecule has 0 amide bonds. The van der Waals surface area contributed by atoms with Crippen molar-refractivity contribution in [2.45, 2.75) is 110 Å². The van der Waals surface area contributed by atoms with Crippen molar-refractivity contribution in [2.24, 2.45) is 0 Å². The second-order valence-electron chi connectivity index (χ2n) is 8.76. The minimum Gasteiger partial charge on any atom is -0.456 e. The highest BCUT2D eigenvalue weighted by atomic mass is 16.6. The average Bonchev–Trinajstić information content (AvgIpc) is 2.96. The van der Waals surface area contributed by atoms with E-state index in [9.17, 15) is 14.7 Å². The van der Waals surface area contributed by atoms with Gasteiger partial charge < -0.3 is 14.6 Å². The van der Waals surface area contributed by atoms with Crippen molar-refractivity contribution in [1.82, 2.24) is 0 Å². The van der Waals surface area contributed by atoms with E-state index in [-0.39, 0.29) is 13.0 Å². The monoisotopic (exact) mass is 540 g/mol. The molecule has 0 aromatic heterocycles. The molecule has 0 aromatic rings. The van der Waals surface area contributed by atoms with Crippen molar-refractivity contribution in [3.05, 3.63) is 0 Å². The van der Waals surface area contributed by atoms with Gasteiger partial charge in [-0.05, 0) is 84.4 Å². The van der Waals surface area contributed by atoms with Crippen molar-refractivity contribution in [2.75, 3.05) is 13.2 Å². The van der Waals surface area contributed by atoms with E-state index in [1.54, 1.807) is 6.92 Å². The summed E-state index contributed by atoms with van der Waals surface area (Å²) in [4.78, 5) is 23.7. The van der Waals surface area contributed by atoms with Crippen LogP contribution in [-0.2, 0) is 19.1 Å². The van der Waals surface area contributed by atoms with E-state index in [0.717, 1.165) is 19.3 Å². The molecule has 5 heteroatoms. The molecule has 40 heavy (non-hydrogen) atoms. The average molecular weight is 541 g/mol. The first kappa shape index (κ1) is 35.8. The Hall–Kier alpha value is -4.18. The second kappa shape index (κ2) is 29.4. The number of aliphatic hydroxyl groups is 1. The molecule has 0 saturated heterocycles. The van der Waals surface area contributed by atoms with Gasteiger partial charge in [-0.3, -0.25) is 4.79 Å². The van der Waals surface area contributed by atoms with Crippen LogP contribution in [0.1, 0.15) is 104 Å². The Morgan fingerprint density at radius 2 is 1.05 bits per heavy atom. The molecule has 0 radical (unpaired) electrons. The third-order valence-electron chi connectivity index (χ3n) is 5.36. The molecular weight excluding hydrogens is 500 g/mol. The van der Waals surface area contributed by atoms with Crippen LogP contribution in [0.2, 0.25) is 0 Å². The van der Waals surface area contributed by atoms with Gasteiger partial charge in [0, 0.05) is 12.3 Å². The molecule has 1 atom stereocenters. The predicted molar refractivity (Wildman–Crippen MR) is 158 cm³/mol. The number of esters is 2. The van der Waals surface area contributed by atoms with Gasteiger partial charge in [0.1, 0.15) is 6.61 Å². The van der Waals surface area contributed by atoms with Crippen molar-refractivity contribution < 1.29 is 24.2 Å². The lowest BCUT2D eigenvalue weighted by molar-refractivity contribution is -0.159. The van der Waals surface area contributed by atoms with Crippen LogP contribution in [0.3, 0.4) is 0 Å². The Labute approximate surface area is 241 Å². The fraction of sp³-hybridized carbons (Fsp3) is 0.543. The highest BCUT2D eigenvalue weighted by Gasteiger charge is 2.15. The Bertz CT molecular complexity index is 1180. The maximum absolute atomic E-state index is 12.0. The molecule has 0 aliphatic heterocycles. The van der Waals surface area contributed by atoms with E-state index < -0.39 is 24.6 Å². The van der Waals surface area contributed by atoms with Crippen molar-refractivity contribution in [3.8, 4) is 82.9 Å². The van der Waals surface area contributed by atoms with E-state index in [2.05, 4.69) is 89.8 Å². The van der Waals surface area contributed by atoms with Crippen LogP contribution in [0, 0.1) is 82.9 Å². The van der Waals surface area contributed by atoms with Gasteiger partial charge in [-0.15, -0.1) is 0 Å². The summed E-state index contributed by atoms with van der Waals surface area (Å²) in [7, 11) is 0. The highest BCUT2D eigenvalue weighted by molar-refractivity contribution is 5.89. The number of hydrogen-bond donors (Lipinski definition) is 1. The van der Waals surface area contributed by atoms with E-state index in [1.165, 1.54) is 64.2 Å². The first-order chi connectivity index (χ1) is 19.6. The summed E-state index contributed by atoms with van der Waals surface area (Å²) in [5.74, 6) is 33.0. The van der Waals surface area contributed by atoms with Gasteiger partial charge in [0.2, 0.25) is 0 Å². The third kappa shape index (κ3) is 26.9. The number of unbranched alkanes of at least 4 members (excludes halogenated alkanes) is 12. The van der Waals surface area contributed by atoms with Gasteiger partial charge in [0.25, 0.3) is 0 Å². The van der Waals surface area contributed by atoms with Crippen LogP contribution >= 0.6 is 0 Å². The van der Waals surface area contributed by atoms with Gasteiger partial charge in [-0.1, -0.05) is 89.9 Å². The van der Waals surface area contributed by atoms with Crippen LogP contribution in [-0.4, -0.2) is 36.4 Å². The Kier molecular flexibility index (Phi) is 26.3. The topological polar surface area (TPSA) is 72.8 Å².